The van der Waals surface area contributed by atoms with Gasteiger partial charge in [-0.25, -0.2) is 4.98 Å². The van der Waals surface area contributed by atoms with Crippen molar-refractivity contribution in [1.82, 2.24) is 10.3 Å². The molecule has 1 fully saturated rings. The second-order valence-corrected chi connectivity index (χ2v) is 7.78. The van der Waals surface area contributed by atoms with Crippen LogP contribution in [0.3, 0.4) is 0 Å². The number of pyridine rings is 1. The Balaban J connectivity index is 2.01. The largest absolute Gasteiger partial charge is 0.366 e. The summed E-state index contributed by atoms with van der Waals surface area (Å²) in [5.74, 6) is -0.577. The highest BCUT2D eigenvalue weighted by Gasteiger charge is 2.31. The molecule has 6 heteroatoms. The molecule has 1 atom stereocenters. The zero-order valence-corrected chi connectivity index (χ0v) is 16.0. The van der Waals surface area contributed by atoms with Gasteiger partial charge in [0, 0.05) is 11.7 Å². The van der Waals surface area contributed by atoms with Crippen molar-refractivity contribution in [1.29, 1.82) is 0 Å². The van der Waals surface area contributed by atoms with Crippen LogP contribution in [0.5, 0.6) is 0 Å². The van der Waals surface area contributed by atoms with Gasteiger partial charge in [-0.1, -0.05) is 42.1 Å². The van der Waals surface area contributed by atoms with Gasteiger partial charge in [0.05, 0.1) is 5.56 Å². The minimum atomic E-state index is -0.519. The lowest BCUT2D eigenvalue weighted by Gasteiger charge is -2.19. The van der Waals surface area contributed by atoms with E-state index in [1.54, 1.807) is 0 Å². The number of hydrogen-bond donors (Lipinski definition) is 2. The Hall–Kier alpha value is -2.34. The van der Waals surface area contributed by atoms with Crippen LogP contribution in [0.1, 0.15) is 50.8 Å². The van der Waals surface area contributed by atoms with Crippen LogP contribution >= 0.6 is 11.8 Å². The van der Waals surface area contributed by atoms with E-state index in [0.717, 1.165) is 35.2 Å². The van der Waals surface area contributed by atoms with Crippen molar-refractivity contribution < 1.29 is 9.59 Å². The van der Waals surface area contributed by atoms with Gasteiger partial charge in [0.1, 0.15) is 10.3 Å². The maximum Gasteiger partial charge on any atom is 0.251 e. The number of rotatable bonds is 6. The number of hydrogen-bond acceptors (Lipinski definition) is 4. The van der Waals surface area contributed by atoms with Gasteiger partial charge in [0.2, 0.25) is 5.91 Å². The predicted octanol–water partition coefficient (Wildman–Crippen LogP) is 3.22. The molecule has 0 saturated heterocycles. The first kappa shape index (κ1) is 18.5. The predicted molar refractivity (Wildman–Crippen MR) is 103 cm³/mol. The summed E-state index contributed by atoms with van der Waals surface area (Å²) in [6.07, 6.45) is 2.04. The summed E-state index contributed by atoms with van der Waals surface area (Å²) in [5.41, 5.74) is 9.51. The molecule has 3 N–H and O–H groups in total. The van der Waals surface area contributed by atoms with Crippen molar-refractivity contribution in [3.05, 3.63) is 58.3 Å². The quantitative estimate of drug-likeness (QED) is 0.766. The van der Waals surface area contributed by atoms with E-state index in [1.807, 2.05) is 51.1 Å². The van der Waals surface area contributed by atoms with Crippen LogP contribution in [-0.2, 0) is 4.79 Å². The second-order valence-electron chi connectivity index (χ2n) is 6.68. The molecule has 26 heavy (non-hydrogen) atoms. The highest BCUT2D eigenvalue weighted by atomic mass is 32.2. The van der Waals surface area contributed by atoms with Crippen molar-refractivity contribution >= 4 is 23.6 Å². The molecule has 0 unspecified atom stereocenters. The van der Waals surface area contributed by atoms with Gasteiger partial charge >= 0.3 is 0 Å². The van der Waals surface area contributed by atoms with E-state index >= 15 is 0 Å². The van der Waals surface area contributed by atoms with Crippen LogP contribution in [0, 0.1) is 20.8 Å². The molecule has 1 saturated carbocycles. The first-order valence-electron chi connectivity index (χ1n) is 8.68. The van der Waals surface area contributed by atoms with E-state index in [0.29, 0.717) is 10.6 Å². The van der Waals surface area contributed by atoms with Gasteiger partial charge in [-0.2, -0.15) is 0 Å². The molecule has 0 spiro atoms. The van der Waals surface area contributed by atoms with Gasteiger partial charge in [0.15, 0.2) is 0 Å². The number of aryl methyl sites for hydroxylation is 1. The number of thioether (sulfide) groups is 1. The number of nitrogens with two attached hydrogens (primary N) is 1. The van der Waals surface area contributed by atoms with E-state index in [4.69, 9.17) is 5.73 Å². The Morgan fingerprint density at radius 1 is 1.15 bits per heavy atom. The van der Waals surface area contributed by atoms with Crippen LogP contribution in [0.2, 0.25) is 0 Å². The zero-order valence-electron chi connectivity index (χ0n) is 15.2. The summed E-state index contributed by atoms with van der Waals surface area (Å²) in [5, 5.41) is 3.09. The van der Waals surface area contributed by atoms with E-state index in [1.165, 1.54) is 11.8 Å². The Kier molecular flexibility index (Phi) is 5.32. The number of amides is 2. The number of nitrogens with one attached hydrogen (secondary N) is 1. The highest BCUT2D eigenvalue weighted by Crippen LogP contribution is 2.38. The third-order valence-corrected chi connectivity index (χ3v) is 5.94. The third-order valence-electron chi connectivity index (χ3n) is 4.70. The zero-order chi connectivity index (χ0) is 18.8. The molecule has 0 aliphatic heterocycles. The average molecular weight is 369 g/mol. The summed E-state index contributed by atoms with van der Waals surface area (Å²) in [7, 11) is 0. The van der Waals surface area contributed by atoms with Crippen molar-refractivity contribution in [3.63, 3.8) is 0 Å². The highest BCUT2D eigenvalue weighted by molar-refractivity contribution is 8.00. The second kappa shape index (κ2) is 7.50. The minimum Gasteiger partial charge on any atom is -0.366 e. The standard InChI is InChI=1S/C20H23N3O2S/c1-11-12(2)16(18(21)24)20(22-13(11)3)26-17(14-7-5-4-6-8-14)19(25)23-15-9-10-15/h4-8,15,17H,9-10H2,1-3H3,(H2,21,24)(H,23,25)/t17-/m0/s1. The Labute approximate surface area is 157 Å². The van der Waals surface area contributed by atoms with Crippen molar-refractivity contribution in [2.75, 3.05) is 0 Å². The normalized spacial score (nSPS) is 14.7. The van der Waals surface area contributed by atoms with Gasteiger partial charge in [-0.15, -0.1) is 0 Å². The van der Waals surface area contributed by atoms with E-state index in [9.17, 15) is 9.59 Å². The minimum absolute atomic E-state index is 0.0585. The van der Waals surface area contributed by atoms with Crippen LogP contribution in [-0.4, -0.2) is 22.8 Å². The molecule has 1 aromatic heterocycles. The van der Waals surface area contributed by atoms with Crippen LogP contribution in [0.25, 0.3) is 0 Å². The lowest BCUT2D eigenvalue weighted by Crippen LogP contribution is -2.30. The van der Waals surface area contributed by atoms with Crippen molar-refractivity contribution in [3.8, 4) is 0 Å². The average Bonchev–Trinajstić information content (AvgIpc) is 3.41. The SMILES string of the molecule is Cc1nc(S[C@H](C(=O)NC2CC2)c2ccccc2)c(C(N)=O)c(C)c1C. The molecule has 1 aliphatic rings. The molecule has 2 amide bonds. The molecule has 1 aromatic carbocycles. The topological polar surface area (TPSA) is 85.1 Å². The van der Waals surface area contributed by atoms with Crippen LogP contribution in [0.15, 0.2) is 35.4 Å². The summed E-state index contributed by atoms with van der Waals surface area (Å²) in [6, 6.07) is 9.82. The fourth-order valence-corrected chi connectivity index (χ4v) is 4.06. The Morgan fingerprint density at radius 2 is 1.81 bits per heavy atom. The molecule has 136 valence electrons. The first-order chi connectivity index (χ1) is 12.4. The van der Waals surface area contributed by atoms with Gasteiger partial charge in [-0.05, 0) is 50.3 Å². The fourth-order valence-electron chi connectivity index (χ4n) is 2.80. The number of carbonyl (C=O) groups is 2. The molecule has 0 bridgehead atoms. The molecule has 3 rings (SSSR count). The number of carbonyl (C=O) groups excluding carboxylic acids is 2. The molecule has 1 aliphatic carbocycles. The first-order valence-corrected chi connectivity index (χ1v) is 9.56. The third kappa shape index (κ3) is 3.90. The van der Waals surface area contributed by atoms with E-state index in [2.05, 4.69) is 10.3 Å². The van der Waals surface area contributed by atoms with Gasteiger partial charge in [-0.3, -0.25) is 9.59 Å². The van der Waals surface area contributed by atoms with Gasteiger partial charge in [0.25, 0.3) is 5.91 Å². The summed E-state index contributed by atoms with van der Waals surface area (Å²) in [4.78, 5) is 29.5. The van der Waals surface area contributed by atoms with Crippen molar-refractivity contribution in [2.45, 2.75) is 49.9 Å². The smallest absolute Gasteiger partial charge is 0.251 e. The molecular formula is C20H23N3O2S. The molecular weight excluding hydrogens is 346 g/mol. The maximum atomic E-state index is 12.8. The van der Waals surface area contributed by atoms with E-state index < -0.39 is 11.2 Å². The summed E-state index contributed by atoms with van der Waals surface area (Å²) < 4.78 is 0. The van der Waals surface area contributed by atoms with Crippen LogP contribution in [0.4, 0.5) is 0 Å². The maximum absolute atomic E-state index is 12.8. The molecule has 0 radical (unpaired) electrons. The molecule has 1 heterocycles. The lowest BCUT2D eigenvalue weighted by molar-refractivity contribution is -0.120. The number of nitrogens with zero attached hydrogens (tertiary/aromatic N) is 1. The molecule has 2 aromatic rings. The number of primary amides is 1. The Morgan fingerprint density at radius 3 is 2.38 bits per heavy atom. The molecule has 5 nitrogen and oxygen atoms in total. The lowest BCUT2D eigenvalue weighted by atomic mass is 10.0. The van der Waals surface area contributed by atoms with Crippen molar-refractivity contribution in [2.24, 2.45) is 5.73 Å². The van der Waals surface area contributed by atoms with E-state index in [-0.39, 0.29) is 11.9 Å². The summed E-state index contributed by atoms with van der Waals surface area (Å²) >= 11 is 1.29. The fraction of sp³-hybridized carbons (Fsp3) is 0.350. The number of aromatic nitrogens is 1. The monoisotopic (exact) mass is 369 g/mol. The number of benzene rings is 1. The van der Waals surface area contributed by atoms with Gasteiger partial charge < -0.3 is 11.1 Å². The Bertz CT molecular complexity index is 848. The summed E-state index contributed by atoms with van der Waals surface area (Å²) in [6.45, 7) is 5.70. The van der Waals surface area contributed by atoms with Crippen LogP contribution < -0.4 is 11.1 Å².